The maximum Gasteiger partial charge on any atom is 0.243 e. The predicted molar refractivity (Wildman–Crippen MR) is 144 cm³/mol. The molecule has 1 saturated heterocycles. The topological polar surface area (TPSA) is 62.3 Å². The molecule has 0 saturated carbocycles. The fourth-order valence-electron chi connectivity index (χ4n) is 4.70. The van der Waals surface area contributed by atoms with Gasteiger partial charge in [-0.05, 0) is 67.2 Å². The molecule has 2 heterocycles. The summed E-state index contributed by atoms with van der Waals surface area (Å²) in [6, 6.07) is 23.6. The van der Waals surface area contributed by atoms with Gasteiger partial charge in [0.1, 0.15) is 0 Å². The molecule has 1 aromatic heterocycles. The minimum absolute atomic E-state index is 0.0697. The van der Waals surface area contributed by atoms with Crippen molar-refractivity contribution in [2.45, 2.75) is 32.1 Å². The number of amides is 1. The second-order valence-corrected chi connectivity index (χ2v) is 11.8. The third-order valence-electron chi connectivity index (χ3n) is 6.65. The van der Waals surface area contributed by atoms with Gasteiger partial charge in [0.15, 0.2) is 0 Å². The Morgan fingerprint density at radius 1 is 0.943 bits per heavy atom. The van der Waals surface area contributed by atoms with E-state index in [1.807, 2.05) is 72.8 Å². The highest BCUT2D eigenvalue weighted by Gasteiger charge is 2.36. The Morgan fingerprint density at radius 3 is 2.20 bits per heavy atom. The van der Waals surface area contributed by atoms with Gasteiger partial charge in [-0.3, -0.25) is 14.3 Å². The van der Waals surface area contributed by atoms with Crippen LogP contribution in [0.1, 0.15) is 37.7 Å². The van der Waals surface area contributed by atoms with Crippen LogP contribution in [0.25, 0.3) is 6.08 Å². The number of hydrogen-bond donors (Lipinski definition) is 1. The van der Waals surface area contributed by atoms with Crippen LogP contribution >= 0.6 is 7.29 Å². The van der Waals surface area contributed by atoms with Crippen LogP contribution in [-0.2, 0) is 9.36 Å². The Balaban J connectivity index is 1.22. The van der Waals surface area contributed by atoms with Crippen LogP contribution in [0.3, 0.4) is 0 Å². The van der Waals surface area contributed by atoms with Gasteiger partial charge in [0, 0.05) is 48.7 Å². The predicted octanol–water partition coefficient (Wildman–Crippen LogP) is 5.02. The number of nitrogens with zero attached hydrogens (tertiary/aromatic N) is 2. The zero-order valence-corrected chi connectivity index (χ0v) is 21.0. The summed E-state index contributed by atoms with van der Waals surface area (Å²) in [5, 5.41) is 4.79. The molecule has 3 aromatic rings. The van der Waals surface area contributed by atoms with E-state index in [1.54, 1.807) is 24.5 Å². The van der Waals surface area contributed by atoms with Crippen LogP contribution in [0.4, 0.5) is 0 Å². The van der Waals surface area contributed by atoms with Crippen LogP contribution in [-0.4, -0.2) is 35.2 Å². The summed E-state index contributed by atoms with van der Waals surface area (Å²) < 4.78 is 16.7. The average Bonchev–Trinajstić information content (AvgIpc) is 2.93. The van der Waals surface area contributed by atoms with E-state index in [-0.39, 0.29) is 5.91 Å². The standard InChI is InChI=1S/C29H34N3O2P/c33-29(17-16-26-11-9-20-30-24-26)31-21-8-7-10-25-18-22-32(23-19-25)35(34,27-12-3-1-4-13-27)28-14-5-2-6-15-28/h1-6,9,11-17,20,24-25H,7-8,10,18-19,21-23H2,(H,31,33)/b17-16+. The smallest absolute Gasteiger partial charge is 0.243 e. The molecule has 35 heavy (non-hydrogen) atoms. The highest BCUT2D eigenvalue weighted by molar-refractivity contribution is 7.76. The zero-order valence-electron chi connectivity index (χ0n) is 20.1. The fraction of sp³-hybridized carbons (Fsp3) is 0.310. The van der Waals surface area contributed by atoms with Gasteiger partial charge in [-0.25, -0.2) is 4.67 Å². The SMILES string of the molecule is O=C(/C=C/c1cccnc1)NCCCCC1CCN(P(=O)(c2ccccc2)c2ccccc2)CC1. The van der Waals surface area contributed by atoms with Crippen molar-refractivity contribution in [3.05, 3.63) is 96.8 Å². The first-order valence-corrected chi connectivity index (χ1v) is 14.1. The number of hydrogen-bond acceptors (Lipinski definition) is 3. The van der Waals surface area contributed by atoms with Crippen molar-refractivity contribution in [1.29, 1.82) is 0 Å². The Kier molecular flexibility index (Phi) is 9.05. The number of carbonyl (C=O) groups is 1. The summed E-state index contributed by atoms with van der Waals surface area (Å²) in [6.45, 7) is 2.38. The summed E-state index contributed by atoms with van der Waals surface area (Å²) in [6.07, 6.45) is 12.1. The van der Waals surface area contributed by atoms with Gasteiger partial charge in [0.2, 0.25) is 13.2 Å². The molecule has 0 spiro atoms. The molecular formula is C29H34N3O2P. The molecule has 6 heteroatoms. The van der Waals surface area contributed by atoms with Crippen LogP contribution < -0.4 is 15.9 Å². The normalized spacial score (nSPS) is 15.3. The lowest BCUT2D eigenvalue weighted by atomic mass is 9.92. The number of nitrogens with one attached hydrogen (secondary N) is 1. The Bertz CT molecular complexity index is 1080. The molecule has 1 aliphatic heterocycles. The first kappa shape index (κ1) is 25.1. The quantitative estimate of drug-likeness (QED) is 0.248. The van der Waals surface area contributed by atoms with Gasteiger partial charge in [-0.1, -0.05) is 55.3 Å². The second kappa shape index (κ2) is 12.6. The third kappa shape index (κ3) is 6.78. The maximum absolute atomic E-state index is 14.5. The van der Waals surface area contributed by atoms with E-state index in [0.29, 0.717) is 12.5 Å². The molecule has 0 unspecified atom stereocenters. The second-order valence-electron chi connectivity index (χ2n) is 9.05. The Hall–Kier alpha value is -3.01. The minimum Gasteiger partial charge on any atom is -0.353 e. The van der Waals surface area contributed by atoms with Gasteiger partial charge < -0.3 is 5.32 Å². The van der Waals surface area contributed by atoms with Crippen LogP contribution in [0.2, 0.25) is 0 Å². The van der Waals surface area contributed by atoms with Crippen LogP contribution in [0, 0.1) is 5.92 Å². The van der Waals surface area contributed by atoms with Crippen molar-refractivity contribution < 1.29 is 9.36 Å². The number of piperidine rings is 1. The summed E-state index contributed by atoms with van der Waals surface area (Å²) in [4.78, 5) is 16.0. The molecule has 1 aliphatic rings. The minimum atomic E-state index is -2.83. The van der Waals surface area contributed by atoms with Crippen LogP contribution in [0.15, 0.2) is 91.3 Å². The molecule has 0 bridgehead atoms. The number of benzene rings is 2. The van der Waals surface area contributed by atoms with E-state index < -0.39 is 7.29 Å². The van der Waals surface area contributed by atoms with Gasteiger partial charge in [0.05, 0.1) is 0 Å². The first-order chi connectivity index (χ1) is 17.2. The lowest BCUT2D eigenvalue weighted by Crippen LogP contribution is -2.38. The third-order valence-corrected chi connectivity index (χ3v) is 9.84. The number of rotatable bonds is 10. The molecule has 0 atom stereocenters. The maximum atomic E-state index is 14.5. The number of carbonyl (C=O) groups excluding carboxylic acids is 1. The van der Waals surface area contributed by atoms with E-state index in [1.165, 1.54) is 0 Å². The van der Waals surface area contributed by atoms with E-state index in [2.05, 4.69) is 15.0 Å². The molecule has 4 rings (SSSR count). The molecule has 2 aromatic carbocycles. The number of aromatic nitrogens is 1. The molecule has 5 nitrogen and oxygen atoms in total. The molecular weight excluding hydrogens is 453 g/mol. The van der Waals surface area contributed by atoms with E-state index in [0.717, 1.165) is 61.4 Å². The van der Waals surface area contributed by atoms with Gasteiger partial charge in [-0.15, -0.1) is 0 Å². The molecule has 1 fully saturated rings. The molecule has 1 amide bonds. The summed E-state index contributed by atoms with van der Waals surface area (Å²) in [5.41, 5.74) is 0.915. The molecule has 0 aliphatic carbocycles. The van der Waals surface area contributed by atoms with Gasteiger partial charge in [0.25, 0.3) is 0 Å². The van der Waals surface area contributed by atoms with Crippen molar-refractivity contribution in [2.24, 2.45) is 5.92 Å². The molecule has 182 valence electrons. The van der Waals surface area contributed by atoms with Gasteiger partial charge in [-0.2, -0.15) is 0 Å². The summed E-state index contributed by atoms with van der Waals surface area (Å²) >= 11 is 0. The lowest BCUT2D eigenvalue weighted by molar-refractivity contribution is -0.116. The fourth-order valence-corrected chi connectivity index (χ4v) is 7.60. The van der Waals surface area contributed by atoms with Crippen LogP contribution in [0.5, 0.6) is 0 Å². The number of pyridine rings is 1. The van der Waals surface area contributed by atoms with Crippen molar-refractivity contribution in [1.82, 2.24) is 15.0 Å². The average molecular weight is 488 g/mol. The zero-order chi connectivity index (χ0) is 24.3. The Labute approximate surface area is 208 Å². The largest absolute Gasteiger partial charge is 0.353 e. The van der Waals surface area contributed by atoms with E-state index >= 15 is 0 Å². The summed E-state index contributed by atoms with van der Waals surface area (Å²) in [7, 11) is -2.83. The molecule has 0 radical (unpaired) electrons. The monoisotopic (exact) mass is 487 g/mol. The first-order valence-electron chi connectivity index (χ1n) is 12.5. The Morgan fingerprint density at radius 2 is 1.60 bits per heavy atom. The van der Waals surface area contributed by atoms with E-state index in [4.69, 9.17) is 0 Å². The van der Waals surface area contributed by atoms with Crippen molar-refractivity contribution in [3.8, 4) is 0 Å². The molecule has 1 N–H and O–H groups in total. The van der Waals surface area contributed by atoms with Crippen molar-refractivity contribution >= 4 is 29.9 Å². The number of unbranched alkanes of at least 4 members (excludes halogenated alkanes) is 1. The highest BCUT2D eigenvalue weighted by Crippen LogP contribution is 2.49. The summed E-state index contributed by atoms with van der Waals surface area (Å²) in [5.74, 6) is 0.576. The van der Waals surface area contributed by atoms with Crippen molar-refractivity contribution in [3.63, 3.8) is 0 Å². The van der Waals surface area contributed by atoms with Gasteiger partial charge >= 0.3 is 0 Å². The highest BCUT2D eigenvalue weighted by atomic mass is 31.2. The van der Waals surface area contributed by atoms with Crippen molar-refractivity contribution in [2.75, 3.05) is 19.6 Å². The lowest BCUT2D eigenvalue weighted by Gasteiger charge is -2.38. The van der Waals surface area contributed by atoms with E-state index in [9.17, 15) is 9.36 Å².